The van der Waals surface area contributed by atoms with Crippen LogP contribution in [-0.2, 0) is 19.5 Å². The van der Waals surface area contributed by atoms with E-state index in [1.54, 1.807) is 0 Å². The molecule has 0 aliphatic heterocycles. The first-order valence-electron chi connectivity index (χ1n) is 1.85. The molecule has 0 fully saturated rings. The number of halogens is 4. The van der Waals surface area contributed by atoms with Gasteiger partial charge in [-0.05, 0) is 0 Å². The summed E-state index contributed by atoms with van der Waals surface area (Å²) in [6, 6.07) is 0. The molecule has 0 aliphatic carbocycles. The van der Waals surface area contributed by atoms with Crippen LogP contribution in [0.3, 0.4) is 0 Å². The van der Waals surface area contributed by atoms with Crippen molar-refractivity contribution >= 4 is 37.7 Å². The molecule has 0 aromatic carbocycles. The molecule has 0 saturated carbocycles. The maximum atomic E-state index is 8.57. The molecule has 0 aromatic heterocycles. The molecule has 0 saturated heterocycles. The van der Waals surface area contributed by atoms with Crippen molar-refractivity contribution in [1.82, 2.24) is 0 Å². The molecule has 0 heterocycles. The van der Waals surface area contributed by atoms with Gasteiger partial charge in [0.1, 0.15) is 0 Å². The largest absolute Gasteiger partial charge is 2.00 e. The van der Waals surface area contributed by atoms with Gasteiger partial charge in [0.15, 0.2) is 0 Å². The summed E-state index contributed by atoms with van der Waals surface area (Å²) in [6.45, 7) is 0. The van der Waals surface area contributed by atoms with E-state index in [1.807, 2.05) is 0 Å². The van der Waals surface area contributed by atoms with Crippen LogP contribution in [-0.4, -0.2) is 37.7 Å². The third-order valence-corrected chi connectivity index (χ3v) is 0. The second kappa shape index (κ2) is 33.1. The van der Waals surface area contributed by atoms with Gasteiger partial charge in [0.2, 0.25) is 0 Å². The SMILES string of the molecule is [Ca+2].[O-][I+2]([O-])[O-].[O-][I+2]([O-])[O-].[O-][I+2]([O-])[O-].[O-][I+2]([O-])[O-].[Zn+2]. The minimum Gasteiger partial charge on any atom is -0.427 e. The predicted molar refractivity (Wildman–Crippen MR) is 5.75 cm³/mol. The van der Waals surface area contributed by atoms with E-state index in [9.17, 15) is 0 Å². The third kappa shape index (κ3) is 406. The van der Waals surface area contributed by atoms with Crippen molar-refractivity contribution in [2.45, 2.75) is 0 Å². The van der Waals surface area contributed by atoms with Crippen molar-refractivity contribution in [2.75, 3.05) is 0 Å². The van der Waals surface area contributed by atoms with Gasteiger partial charge in [-0.3, -0.25) is 0 Å². The van der Waals surface area contributed by atoms with E-state index in [0.717, 1.165) is 0 Å². The van der Waals surface area contributed by atoms with Crippen molar-refractivity contribution in [3.8, 4) is 0 Å². The zero-order valence-corrected chi connectivity index (χ0v) is 21.6. The van der Waals surface area contributed by atoms with E-state index >= 15 is 0 Å². The van der Waals surface area contributed by atoms with E-state index in [-0.39, 0.29) is 57.2 Å². The second-order valence-electron chi connectivity index (χ2n) is 0.756. The van der Waals surface area contributed by atoms with Crippen LogP contribution >= 0.6 is 0 Å². The summed E-state index contributed by atoms with van der Waals surface area (Å²) in [5.41, 5.74) is 0. The van der Waals surface area contributed by atoms with E-state index in [4.69, 9.17) is 41.2 Å². The van der Waals surface area contributed by atoms with Gasteiger partial charge < -0.3 is 41.2 Å². The minimum atomic E-state index is -4.01. The minimum absolute atomic E-state index is 0. The van der Waals surface area contributed by atoms with Gasteiger partial charge in [0.25, 0.3) is 84.3 Å². The van der Waals surface area contributed by atoms with Gasteiger partial charge in [-0.2, -0.15) is 0 Å². The summed E-state index contributed by atoms with van der Waals surface area (Å²) in [6.07, 6.45) is 0. The summed E-state index contributed by atoms with van der Waals surface area (Å²) in [7, 11) is 0. The Kier molecular flexibility index (Phi) is 70.0. The number of rotatable bonds is 0. The number of hydrogen-bond acceptors (Lipinski definition) is 12. The molecule has 0 spiro atoms. The molecule has 0 aliphatic rings. The molecule has 0 aromatic rings. The molecule has 18 heteroatoms. The first kappa shape index (κ1) is 38.1. The Morgan fingerprint density at radius 2 is 0.333 bits per heavy atom. The summed E-state index contributed by atoms with van der Waals surface area (Å²) in [5.74, 6) is 0. The molecule has 0 unspecified atom stereocenters. The smallest absolute Gasteiger partial charge is 0.427 e. The van der Waals surface area contributed by atoms with Crippen LogP contribution in [0.5, 0.6) is 0 Å². The molecular weight excluding hydrogens is 805 g/mol. The van der Waals surface area contributed by atoms with Gasteiger partial charge in [-0.15, -0.1) is 0 Å². The fourth-order valence-corrected chi connectivity index (χ4v) is 0. The van der Waals surface area contributed by atoms with Crippen LogP contribution in [0, 0.1) is 0 Å². The third-order valence-electron chi connectivity index (χ3n) is 0. The maximum absolute atomic E-state index is 8.57. The Bertz CT molecular complexity index is 67.1. The molecule has 0 radical (unpaired) electrons. The fraction of sp³-hybridized carbons (Fsp3) is 0. The fourth-order valence-electron chi connectivity index (χ4n) is 0. The van der Waals surface area contributed by atoms with E-state index in [1.165, 1.54) is 0 Å². The molecule has 18 heavy (non-hydrogen) atoms. The Morgan fingerprint density at radius 3 is 0.333 bits per heavy atom. The molecule has 12 nitrogen and oxygen atoms in total. The van der Waals surface area contributed by atoms with Crippen molar-refractivity contribution in [1.29, 1.82) is 0 Å². The predicted octanol–water partition coefficient (Wildman–Crippen LogP) is -26.6. The quantitative estimate of drug-likeness (QED) is 0.163. The van der Waals surface area contributed by atoms with E-state index in [2.05, 4.69) is 0 Å². The average Bonchev–Trinajstić information content (AvgIpc) is 1.76. The monoisotopic (exact) mass is 803 g/mol. The van der Waals surface area contributed by atoms with Gasteiger partial charge >= 0.3 is 57.2 Å². The first-order valence-corrected chi connectivity index (χ1v) is 12.4. The van der Waals surface area contributed by atoms with Crippen molar-refractivity contribution < 1.29 is 145 Å². The van der Waals surface area contributed by atoms with Crippen LogP contribution in [0.15, 0.2) is 0 Å². The van der Waals surface area contributed by atoms with Gasteiger partial charge in [0, 0.05) is 0 Å². The summed E-state index contributed by atoms with van der Waals surface area (Å²) in [4.78, 5) is 0. The van der Waals surface area contributed by atoms with Gasteiger partial charge in [-0.25, -0.2) is 0 Å². The molecule has 0 rings (SSSR count). The Balaban J connectivity index is -0.0000000257. The molecular formula is CaI4O12Zn. The zero-order valence-electron chi connectivity index (χ0n) is 7.83. The standard InChI is InChI=1S/Ca.4IO3.Zn/c;4*2-1(3)4;/q+2;4*-1;+2. The van der Waals surface area contributed by atoms with Crippen molar-refractivity contribution in [3.05, 3.63) is 0 Å². The molecule has 0 N–H and O–H groups in total. The van der Waals surface area contributed by atoms with Gasteiger partial charge in [-0.1, -0.05) is 0 Å². The van der Waals surface area contributed by atoms with E-state index < -0.39 is 84.3 Å². The van der Waals surface area contributed by atoms with E-state index in [0.29, 0.717) is 0 Å². The summed E-state index contributed by atoms with van der Waals surface area (Å²) >= 11 is -16.1. The second-order valence-corrected chi connectivity index (χ2v) is 5.07. The van der Waals surface area contributed by atoms with Crippen LogP contribution in [0.2, 0.25) is 0 Å². The Hall–Kier alpha value is 4.32. The average molecular weight is 805 g/mol. The molecule has 0 atom stereocenters. The maximum Gasteiger partial charge on any atom is 2.00 e. The Morgan fingerprint density at radius 1 is 0.333 bits per heavy atom. The summed E-state index contributed by atoms with van der Waals surface area (Å²) in [5, 5.41) is 0. The first-order chi connectivity index (χ1) is 6.93. The topological polar surface area (TPSA) is 277 Å². The van der Waals surface area contributed by atoms with Crippen LogP contribution in [0.25, 0.3) is 0 Å². The van der Waals surface area contributed by atoms with Crippen molar-refractivity contribution in [2.24, 2.45) is 0 Å². The van der Waals surface area contributed by atoms with Crippen LogP contribution in [0.4, 0.5) is 0 Å². The zero-order chi connectivity index (χ0) is 14.3. The molecule has 0 amide bonds. The summed E-state index contributed by atoms with van der Waals surface area (Å²) < 4.78 is 103. The number of hydrogen-bond donors (Lipinski definition) is 0. The Labute approximate surface area is 179 Å². The normalized spacial score (nSPS) is 8.00. The van der Waals surface area contributed by atoms with Crippen molar-refractivity contribution in [3.63, 3.8) is 0 Å². The van der Waals surface area contributed by atoms with Crippen LogP contribution in [0.1, 0.15) is 0 Å². The molecule has 0 bridgehead atoms. The van der Waals surface area contributed by atoms with Gasteiger partial charge in [0.05, 0.1) is 0 Å². The molecule has 104 valence electrons. The van der Waals surface area contributed by atoms with Crippen LogP contribution < -0.4 is 125 Å².